The Morgan fingerprint density at radius 3 is 2.67 bits per heavy atom. The van der Waals surface area contributed by atoms with Crippen molar-refractivity contribution in [3.05, 3.63) is 24.3 Å². The summed E-state index contributed by atoms with van der Waals surface area (Å²) in [5.74, 6) is -0.983. The number of esters is 1. The standard InChI is InChI=1S/C17H22N2O4S/c1-24-14-8-6-13(7-9-14)18-15(20)12-23-17(22)11-19-10-4-2-3-5-16(19)21/h6-9H,2-5,10-12H2,1H3,(H,18,20). The molecule has 1 aliphatic rings. The Morgan fingerprint density at radius 2 is 1.96 bits per heavy atom. The number of nitrogens with one attached hydrogen (secondary N) is 1. The lowest BCUT2D eigenvalue weighted by Gasteiger charge is -2.19. The molecule has 130 valence electrons. The Balaban J connectivity index is 1.73. The molecule has 0 unspecified atom stereocenters. The Morgan fingerprint density at radius 1 is 1.21 bits per heavy atom. The molecule has 0 atom stereocenters. The van der Waals surface area contributed by atoms with Gasteiger partial charge in [0.15, 0.2) is 6.61 Å². The molecule has 0 aliphatic carbocycles. The number of anilines is 1. The van der Waals surface area contributed by atoms with E-state index in [0.29, 0.717) is 18.7 Å². The van der Waals surface area contributed by atoms with Crippen molar-refractivity contribution in [1.29, 1.82) is 0 Å². The summed E-state index contributed by atoms with van der Waals surface area (Å²) in [6.07, 6.45) is 5.20. The van der Waals surface area contributed by atoms with Crippen molar-refractivity contribution < 1.29 is 19.1 Å². The van der Waals surface area contributed by atoms with Gasteiger partial charge in [-0.1, -0.05) is 6.42 Å². The van der Waals surface area contributed by atoms with Gasteiger partial charge in [-0.15, -0.1) is 11.8 Å². The third-order valence-electron chi connectivity index (χ3n) is 3.73. The third-order valence-corrected chi connectivity index (χ3v) is 4.47. The van der Waals surface area contributed by atoms with Crippen LogP contribution < -0.4 is 5.32 Å². The van der Waals surface area contributed by atoms with Crippen LogP contribution in [0.5, 0.6) is 0 Å². The molecule has 6 nitrogen and oxygen atoms in total. The van der Waals surface area contributed by atoms with E-state index in [4.69, 9.17) is 4.74 Å². The smallest absolute Gasteiger partial charge is 0.326 e. The second kappa shape index (κ2) is 9.32. The fourth-order valence-electron chi connectivity index (χ4n) is 2.42. The Hall–Kier alpha value is -2.02. The van der Waals surface area contributed by atoms with Crippen molar-refractivity contribution in [3.8, 4) is 0 Å². The molecule has 0 saturated carbocycles. The van der Waals surface area contributed by atoms with Gasteiger partial charge in [0.25, 0.3) is 5.91 Å². The van der Waals surface area contributed by atoms with Crippen molar-refractivity contribution in [2.24, 2.45) is 0 Å². The average molecular weight is 350 g/mol. The molecular formula is C17H22N2O4S. The predicted octanol–water partition coefficient (Wildman–Crippen LogP) is 2.29. The maximum absolute atomic E-state index is 11.8. The number of amides is 2. The molecule has 0 radical (unpaired) electrons. The largest absolute Gasteiger partial charge is 0.454 e. The van der Waals surface area contributed by atoms with Gasteiger partial charge in [-0.2, -0.15) is 0 Å². The number of hydrogen-bond donors (Lipinski definition) is 1. The van der Waals surface area contributed by atoms with Gasteiger partial charge in [0.2, 0.25) is 5.91 Å². The van der Waals surface area contributed by atoms with Gasteiger partial charge in [-0.05, 0) is 43.4 Å². The number of thioether (sulfide) groups is 1. The molecule has 2 amide bonds. The summed E-state index contributed by atoms with van der Waals surface area (Å²) in [4.78, 5) is 38.0. The first-order chi connectivity index (χ1) is 11.6. The SMILES string of the molecule is CSc1ccc(NC(=O)COC(=O)CN2CCCCCC2=O)cc1. The highest BCUT2D eigenvalue weighted by molar-refractivity contribution is 7.98. The number of likely N-dealkylation sites (tertiary alicyclic amines) is 1. The molecule has 1 aliphatic heterocycles. The summed E-state index contributed by atoms with van der Waals surface area (Å²) in [6.45, 7) is 0.127. The van der Waals surface area contributed by atoms with Gasteiger partial charge in [0.1, 0.15) is 6.54 Å². The maximum atomic E-state index is 11.8. The van der Waals surface area contributed by atoms with E-state index in [9.17, 15) is 14.4 Å². The van der Waals surface area contributed by atoms with E-state index in [-0.39, 0.29) is 19.1 Å². The second-order valence-corrected chi connectivity index (χ2v) is 6.44. The normalized spacial score (nSPS) is 14.9. The van der Waals surface area contributed by atoms with Crippen LogP contribution in [0.2, 0.25) is 0 Å². The molecule has 7 heteroatoms. The summed E-state index contributed by atoms with van der Waals surface area (Å²) in [5, 5.41) is 2.67. The van der Waals surface area contributed by atoms with E-state index in [1.807, 2.05) is 18.4 Å². The fourth-order valence-corrected chi connectivity index (χ4v) is 2.83. The number of carbonyl (C=O) groups is 3. The van der Waals surface area contributed by atoms with Gasteiger partial charge in [-0.25, -0.2) is 0 Å². The van der Waals surface area contributed by atoms with Crippen molar-refractivity contribution in [1.82, 2.24) is 4.90 Å². The molecule has 2 rings (SSSR count). The molecule has 0 spiro atoms. The maximum Gasteiger partial charge on any atom is 0.326 e. The van der Waals surface area contributed by atoms with E-state index in [1.165, 1.54) is 4.90 Å². The van der Waals surface area contributed by atoms with Crippen molar-refractivity contribution in [2.75, 3.05) is 31.3 Å². The van der Waals surface area contributed by atoms with Crippen LogP contribution in [-0.2, 0) is 19.1 Å². The number of rotatable bonds is 6. The van der Waals surface area contributed by atoms with Crippen LogP contribution in [0.3, 0.4) is 0 Å². The average Bonchev–Trinajstić information content (AvgIpc) is 2.78. The lowest BCUT2D eigenvalue weighted by Crippen LogP contribution is -2.36. The van der Waals surface area contributed by atoms with E-state index in [1.54, 1.807) is 23.9 Å². The van der Waals surface area contributed by atoms with Gasteiger partial charge in [0.05, 0.1) is 0 Å². The zero-order valence-electron chi connectivity index (χ0n) is 13.7. The van der Waals surface area contributed by atoms with Gasteiger partial charge in [0, 0.05) is 23.5 Å². The number of nitrogens with zero attached hydrogens (tertiary/aromatic N) is 1. The van der Waals surface area contributed by atoms with Crippen LogP contribution in [0.1, 0.15) is 25.7 Å². The van der Waals surface area contributed by atoms with E-state index < -0.39 is 11.9 Å². The lowest BCUT2D eigenvalue weighted by atomic mass is 10.2. The first kappa shape index (κ1) is 18.3. The third kappa shape index (κ3) is 5.88. The first-order valence-electron chi connectivity index (χ1n) is 7.96. The molecule has 0 bridgehead atoms. The number of hydrogen-bond acceptors (Lipinski definition) is 5. The zero-order valence-corrected chi connectivity index (χ0v) is 14.6. The minimum absolute atomic E-state index is 0.0252. The minimum atomic E-state index is -0.557. The Kier molecular flexibility index (Phi) is 7.11. The van der Waals surface area contributed by atoms with E-state index in [2.05, 4.69) is 5.32 Å². The van der Waals surface area contributed by atoms with Crippen molar-refractivity contribution >= 4 is 35.2 Å². The van der Waals surface area contributed by atoms with Crippen molar-refractivity contribution in [3.63, 3.8) is 0 Å². The minimum Gasteiger partial charge on any atom is -0.454 e. The molecule has 1 N–H and O–H groups in total. The van der Waals surface area contributed by atoms with Crippen LogP contribution in [0.15, 0.2) is 29.2 Å². The highest BCUT2D eigenvalue weighted by Gasteiger charge is 2.20. The predicted molar refractivity (Wildman–Crippen MR) is 92.9 cm³/mol. The summed E-state index contributed by atoms with van der Waals surface area (Å²) in [5.41, 5.74) is 0.650. The quantitative estimate of drug-likeness (QED) is 0.629. The number of carbonyl (C=O) groups excluding carboxylic acids is 3. The van der Waals surface area contributed by atoms with Gasteiger partial charge < -0.3 is 15.0 Å². The number of ether oxygens (including phenoxy) is 1. The second-order valence-electron chi connectivity index (χ2n) is 5.56. The molecule has 24 heavy (non-hydrogen) atoms. The Bertz CT molecular complexity index is 589. The Labute approximate surface area is 145 Å². The van der Waals surface area contributed by atoms with E-state index in [0.717, 1.165) is 24.2 Å². The monoisotopic (exact) mass is 350 g/mol. The van der Waals surface area contributed by atoms with Crippen LogP contribution in [0.4, 0.5) is 5.69 Å². The molecule has 1 fully saturated rings. The molecule has 1 heterocycles. The highest BCUT2D eigenvalue weighted by Crippen LogP contribution is 2.17. The lowest BCUT2D eigenvalue weighted by molar-refractivity contribution is -0.151. The van der Waals surface area contributed by atoms with E-state index >= 15 is 0 Å². The summed E-state index contributed by atoms with van der Waals surface area (Å²) in [6, 6.07) is 7.39. The summed E-state index contributed by atoms with van der Waals surface area (Å²) < 4.78 is 4.96. The molecule has 0 aromatic heterocycles. The summed E-state index contributed by atoms with van der Waals surface area (Å²) >= 11 is 1.61. The van der Waals surface area contributed by atoms with Gasteiger partial charge >= 0.3 is 5.97 Å². The fraction of sp³-hybridized carbons (Fsp3) is 0.471. The topological polar surface area (TPSA) is 75.7 Å². The molecule has 1 aromatic carbocycles. The molecule has 1 saturated heterocycles. The summed E-state index contributed by atoms with van der Waals surface area (Å²) in [7, 11) is 0. The van der Waals surface area contributed by atoms with Crippen LogP contribution in [-0.4, -0.2) is 48.6 Å². The van der Waals surface area contributed by atoms with Crippen LogP contribution >= 0.6 is 11.8 Å². The van der Waals surface area contributed by atoms with Crippen molar-refractivity contribution in [2.45, 2.75) is 30.6 Å². The number of benzene rings is 1. The first-order valence-corrected chi connectivity index (χ1v) is 9.18. The highest BCUT2D eigenvalue weighted by atomic mass is 32.2. The molecular weight excluding hydrogens is 328 g/mol. The zero-order chi connectivity index (χ0) is 17.4. The molecule has 1 aromatic rings. The van der Waals surface area contributed by atoms with Crippen LogP contribution in [0, 0.1) is 0 Å². The van der Waals surface area contributed by atoms with Gasteiger partial charge in [-0.3, -0.25) is 14.4 Å². The van der Waals surface area contributed by atoms with Crippen LogP contribution in [0.25, 0.3) is 0 Å².